The Hall–Kier alpha value is -2.63. The van der Waals surface area contributed by atoms with Crippen molar-refractivity contribution in [3.63, 3.8) is 0 Å². The second kappa shape index (κ2) is 15.0. The molecule has 6 aliphatic rings. The first kappa shape index (κ1) is 39.6. The molecule has 0 spiro atoms. The van der Waals surface area contributed by atoms with Crippen molar-refractivity contribution >= 4 is 53.1 Å². The minimum absolute atomic E-state index is 0.00757. The molecule has 6 aliphatic heterocycles. The Morgan fingerprint density at radius 1 is 0.824 bits per heavy atom. The van der Waals surface area contributed by atoms with Gasteiger partial charge in [-0.15, -0.1) is 23.5 Å². The number of fused-ring (bicyclic) bond motifs is 2. The molecule has 4 N–H and O–H groups in total. The number of likely N-dealkylation sites (tertiary alicyclic amines) is 1. The van der Waals surface area contributed by atoms with Gasteiger partial charge in [-0.25, -0.2) is 4.79 Å². The highest BCUT2D eigenvalue weighted by atomic mass is 32.2. The van der Waals surface area contributed by atoms with Crippen LogP contribution in [-0.4, -0.2) is 165 Å². The van der Waals surface area contributed by atoms with Gasteiger partial charge < -0.3 is 40.2 Å². The van der Waals surface area contributed by atoms with Gasteiger partial charge in [-0.3, -0.25) is 24.1 Å². The number of allylic oxidation sites excluding steroid dienone is 1. The third-order valence-corrected chi connectivity index (χ3v) is 14.4. The number of carboxylic acid groups (broad SMARTS) is 1. The van der Waals surface area contributed by atoms with Crippen molar-refractivity contribution < 1.29 is 39.3 Å². The van der Waals surface area contributed by atoms with Gasteiger partial charge in [0.1, 0.15) is 5.70 Å². The summed E-state index contributed by atoms with van der Waals surface area (Å²) in [5.74, 6) is -1.97. The van der Waals surface area contributed by atoms with E-state index in [0.717, 1.165) is 18.7 Å². The number of amides is 4. The molecule has 4 saturated heterocycles. The predicted molar refractivity (Wildman–Crippen MR) is 195 cm³/mol. The molecule has 284 valence electrons. The lowest BCUT2D eigenvalue weighted by atomic mass is 9.79. The Labute approximate surface area is 309 Å². The minimum Gasteiger partial charge on any atom is -0.477 e. The molecule has 4 fully saturated rings. The molecule has 0 aliphatic carbocycles. The van der Waals surface area contributed by atoms with E-state index in [4.69, 9.17) is 0 Å². The maximum atomic E-state index is 12.4. The summed E-state index contributed by atoms with van der Waals surface area (Å²) in [6.45, 7) is 10.8. The van der Waals surface area contributed by atoms with Gasteiger partial charge in [0.2, 0.25) is 23.6 Å². The lowest BCUT2D eigenvalue weighted by molar-refractivity contribution is -0.163. The first-order chi connectivity index (χ1) is 23.8. The molecule has 6 heterocycles. The number of nitrogens with one attached hydrogen (secondary N) is 1. The van der Waals surface area contributed by atoms with Crippen LogP contribution in [0.3, 0.4) is 0 Å². The van der Waals surface area contributed by atoms with E-state index in [9.17, 15) is 39.3 Å². The van der Waals surface area contributed by atoms with Crippen molar-refractivity contribution in [1.29, 1.82) is 0 Å². The highest BCUT2D eigenvalue weighted by Crippen LogP contribution is 2.53. The number of rotatable bonds is 9. The Morgan fingerprint density at radius 3 is 1.86 bits per heavy atom. The summed E-state index contributed by atoms with van der Waals surface area (Å²) in [5.41, 5.74) is 1.08. The standard InChI is InChI=1S/C18H29N3O3S.C17H25N3O5S/c1-9-15-14(11(3)22)18(24)21(15)10(2)16(9)25-12-7-13(20(6)8-12)17(23)19(4)5;1-7-12-11(8(2)21)16(23)20(12)13(17(24)25)14(7)26-9-5-10(18-6-9)15(22)19(3)4/h9,11-15,22H,7-8H2,1-6H3;7-12,18,21H,5-6H2,1-4H3,(H,24,25)/t9-,11-,12+,13+,14?,15?;7-,8-,9+,10+,11?,12?/m11/s1. The van der Waals surface area contributed by atoms with Gasteiger partial charge in [0.15, 0.2) is 0 Å². The summed E-state index contributed by atoms with van der Waals surface area (Å²) in [6.07, 6.45) is 0.0394. The Balaban J connectivity index is 0.000000198. The summed E-state index contributed by atoms with van der Waals surface area (Å²) in [5, 5.41) is 33.1. The number of likely N-dealkylation sites (N-methyl/N-ethyl adjacent to an activating group) is 3. The topological polar surface area (TPSA) is 174 Å². The SMILES string of the molecule is CC1=C(S[C@H]2C[C@@H](C(=O)N(C)C)N(C)C2)[C@H](C)C2C([C@@H](C)O)C(=O)N12.C[C@@H](O)C1C(=O)N2C(C(=O)O)=C(S[C@@H]3CN[C@H](C(=O)N(C)C)C3)[C@H](C)C12. The smallest absolute Gasteiger partial charge is 0.353 e. The molecule has 4 unspecified atom stereocenters. The highest BCUT2D eigenvalue weighted by molar-refractivity contribution is 8.04. The lowest BCUT2D eigenvalue weighted by Crippen LogP contribution is -2.63. The van der Waals surface area contributed by atoms with E-state index in [1.807, 2.05) is 37.6 Å². The molecule has 0 bridgehead atoms. The molecule has 0 aromatic heterocycles. The third kappa shape index (κ3) is 6.96. The molecule has 12 atom stereocenters. The average Bonchev–Trinajstić information content (AvgIpc) is 3.76. The van der Waals surface area contributed by atoms with Crippen LogP contribution in [-0.2, 0) is 24.0 Å². The number of hydrogen-bond donors (Lipinski definition) is 4. The van der Waals surface area contributed by atoms with Crippen LogP contribution in [0.15, 0.2) is 21.2 Å². The number of thioether (sulfide) groups is 2. The van der Waals surface area contributed by atoms with E-state index in [0.29, 0.717) is 23.1 Å². The number of carbonyl (C=O) groups excluding carboxylic acids is 4. The first-order valence-corrected chi connectivity index (χ1v) is 19.5. The molecule has 0 aromatic carbocycles. The van der Waals surface area contributed by atoms with Gasteiger partial charge in [-0.1, -0.05) is 13.8 Å². The van der Waals surface area contributed by atoms with Gasteiger partial charge in [0.25, 0.3) is 0 Å². The summed E-state index contributed by atoms with van der Waals surface area (Å²) in [7, 11) is 9.03. The second-order valence-electron chi connectivity index (χ2n) is 15.3. The normalized spacial score (nSPS) is 35.5. The van der Waals surface area contributed by atoms with E-state index in [-0.39, 0.29) is 76.5 Å². The van der Waals surface area contributed by atoms with E-state index in [1.54, 1.807) is 51.8 Å². The Morgan fingerprint density at radius 2 is 1.33 bits per heavy atom. The van der Waals surface area contributed by atoms with Gasteiger partial charge >= 0.3 is 5.97 Å². The largest absolute Gasteiger partial charge is 0.477 e. The average molecular weight is 751 g/mol. The Kier molecular flexibility index (Phi) is 11.6. The van der Waals surface area contributed by atoms with Gasteiger partial charge in [-0.05, 0) is 40.7 Å². The third-order valence-electron chi connectivity index (χ3n) is 11.3. The molecule has 0 radical (unpaired) electrons. The quantitative estimate of drug-likeness (QED) is 0.243. The van der Waals surface area contributed by atoms with Gasteiger partial charge in [0, 0.05) is 79.1 Å². The zero-order valence-corrected chi connectivity index (χ0v) is 32.8. The van der Waals surface area contributed by atoms with E-state index in [2.05, 4.69) is 17.1 Å². The molecular formula is C35H54N6O8S2. The molecule has 0 aromatic rings. The monoisotopic (exact) mass is 750 g/mol. The molecule has 4 amide bonds. The van der Waals surface area contributed by atoms with Gasteiger partial charge in [-0.2, -0.15) is 0 Å². The van der Waals surface area contributed by atoms with Crippen molar-refractivity contribution in [2.75, 3.05) is 48.3 Å². The van der Waals surface area contributed by atoms with Crippen LogP contribution >= 0.6 is 23.5 Å². The number of carbonyl (C=O) groups is 5. The van der Waals surface area contributed by atoms with Crippen LogP contribution in [0.2, 0.25) is 0 Å². The number of aliphatic hydroxyl groups is 2. The number of aliphatic hydroxyl groups excluding tert-OH is 2. The van der Waals surface area contributed by atoms with Crippen molar-refractivity contribution in [3.05, 3.63) is 21.2 Å². The summed E-state index contributed by atoms with van der Waals surface area (Å²) in [4.78, 5) is 71.4. The van der Waals surface area contributed by atoms with Crippen LogP contribution in [0.4, 0.5) is 0 Å². The molecule has 51 heavy (non-hydrogen) atoms. The fraction of sp³-hybridized carbons (Fsp3) is 0.743. The first-order valence-electron chi connectivity index (χ1n) is 17.7. The van der Waals surface area contributed by atoms with Crippen LogP contribution in [0.25, 0.3) is 0 Å². The van der Waals surface area contributed by atoms with Crippen molar-refractivity contribution in [2.24, 2.45) is 23.7 Å². The van der Waals surface area contributed by atoms with Crippen molar-refractivity contribution in [3.8, 4) is 0 Å². The van der Waals surface area contributed by atoms with Crippen LogP contribution in [0, 0.1) is 23.7 Å². The van der Waals surface area contributed by atoms with Crippen molar-refractivity contribution in [2.45, 2.75) is 94.3 Å². The maximum absolute atomic E-state index is 12.4. The van der Waals surface area contributed by atoms with Crippen molar-refractivity contribution in [1.82, 2.24) is 29.8 Å². The highest BCUT2D eigenvalue weighted by Gasteiger charge is 2.60. The van der Waals surface area contributed by atoms with Crippen LogP contribution in [0.1, 0.15) is 47.5 Å². The Bertz CT molecular complexity index is 1520. The number of aliphatic carboxylic acids is 1. The molecular weight excluding hydrogens is 697 g/mol. The molecule has 6 rings (SSSR count). The molecule has 16 heteroatoms. The van der Waals surface area contributed by atoms with E-state index < -0.39 is 24.1 Å². The van der Waals surface area contributed by atoms with Crippen LogP contribution < -0.4 is 5.32 Å². The zero-order chi connectivity index (χ0) is 38.0. The van der Waals surface area contributed by atoms with Crippen LogP contribution in [0.5, 0.6) is 0 Å². The van der Waals surface area contributed by atoms with E-state index >= 15 is 0 Å². The van der Waals surface area contributed by atoms with E-state index in [1.165, 1.54) is 21.6 Å². The lowest BCUT2D eigenvalue weighted by Gasteiger charge is -2.46. The molecule has 0 saturated carbocycles. The number of β-lactam (4-membered cyclic amide) rings is 2. The summed E-state index contributed by atoms with van der Waals surface area (Å²) >= 11 is 3.27. The van der Waals surface area contributed by atoms with Gasteiger partial charge in [0.05, 0.1) is 48.2 Å². The fourth-order valence-corrected chi connectivity index (χ4v) is 11.7. The number of hydrogen-bond acceptors (Lipinski definition) is 11. The fourth-order valence-electron chi connectivity index (χ4n) is 8.70. The zero-order valence-electron chi connectivity index (χ0n) is 31.2. The number of carboxylic acids is 1. The maximum Gasteiger partial charge on any atom is 0.353 e. The summed E-state index contributed by atoms with van der Waals surface area (Å²) in [6, 6.07) is -0.538. The number of nitrogens with zero attached hydrogens (tertiary/aromatic N) is 5. The predicted octanol–water partition coefficient (Wildman–Crippen LogP) is 0.662. The second-order valence-corrected chi connectivity index (χ2v) is 18.0. The summed E-state index contributed by atoms with van der Waals surface area (Å²) < 4.78 is 0. The molecule has 14 nitrogen and oxygen atoms in total. The minimum atomic E-state index is -1.12.